The third-order valence-corrected chi connectivity index (χ3v) is 8.40. The summed E-state index contributed by atoms with van der Waals surface area (Å²) in [6, 6.07) is 9.27. The van der Waals surface area contributed by atoms with Gasteiger partial charge in [-0.2, -0.15) is 0 Å². The van der Waals surface area contributed by atoms with Crippen molar-refractivity contribution in [3.8, 4) is 0 Å². The van der Waals surface area contributed by atoms with Crippen molar-refractivity contribution in [2.75, 3.05) is 0 Å². The Bertz CT molecular complexity index is 1430. The quantitative estimate of drug-likeness (QED) is 0.206. The van der Waals surface area contributed by atoms with Crippen molar-refractivity contribution >= 4 is 33.2 Å². The summed E-state index contributed by atoms with van der Waals surface area (Å²) >= 11 is 0. The molecule has 0 amide bonds. The predicted octanol–water partition coefficient (Wildman–Crippen LogP) is 11.9. The van der Waals surface area contributed by atoms with Crippen molar-refractivity contribution in [1.29, 1.82) is 0 Å². The number of allylic oxidation sites excluding steroid dienone is 2. The van der Waals surface area contributed by atoms with Crippen LogP contribution < -0.4 is 0 Å². The monoisotopic (exact) mass is 704 g/mol. The molecule has 0 aromatic carbocycles. The van der Waals surface area contributed by atoms with Gasteiger partial charge in [0.25, 0.3) is 0 Å². The molecular weight excluding hydrogens is 643 g/mol. The number of hydrogen-bond donors (Lipinski definition) is 2. The van der Waals surface area contributed by atoms with E-state index < -0.39 is 0 Å². The molecule has 0 saturated carbocycles. The zero-order valence-corrected chi connectivity index (χ0v) is 32.1. The molecule has 4 rings (SSSR count). The van der Waals surface area contributed by atoms with Crippen LogP contribution in [0.4, 0.5) is 0 Å². The van der Waals surface area contributed by atoms with Crippen LogP contribution in [0.15, 0.2) is 24.3 Å². The molecule has 5 heteroatoms. The van der Waals surface area contributed by atoms with Crippen molar-refractivity contribution < 1.29 is 20.4 Å². The zero-order valence-electron chi connectivity index (χ0n) is 30.6. The van der Waals surface area contributed by atoms with E-state index in [1.165, 1.54) is 55.5 Å². The van der Waals surface area contributed by atoms with Crippen LogP contribution in [0.25, 0.3) is 33.2 Å². The first-order chi connectivity index (χ1) is 21.5. The van der Waals surface area contributed by atoms with E-state index in [4.69, 9.17) is 9.97 Å². The van der Waals surface area contributed by atoms with Gasteiger partial charge in [-0.25, -0.2) is 4.98 Å². The van der Waals surface area contributed by atoms with E-state index in [1.807, 2.05) is 27.7 Å². The van der Waals surface area contributed by atoms with Gasteiger partial charge in [-0.15, -0.1) is 0 Å². The van der Waals surface area contributed by atoms with Crippen LogP contribution >= 0.6 is 0 Å². The van der Waals surface area contributed by atoms with Crippen LogP contribution in [-0.4, -0.2) is 19.9 Å². The van der Waals surface area contributed by atoms with Gasteiger partial charge >= 0.3 is 0 Å². The fraction of sp³-hybridized carbons (Fsp3) is 0.550. The van der Waals surface area contributed by atoms with Crippen molar-refractivity contribution in [1.82, 2.24) is 19.9 Å². The second-order valence-corrected chi connectivity index (χ2v) is 11.0. The Labute approximate surface area is 289 Å². The maximum Gasteiger partial charge on any atom is 0.0693 e. The first kappa shape index (κ1) is 40.5. The molecule has 4 nitrogen and oxygen atoms in total. The molecule has 0 spiro atoms. The SMILES string of the molecule is CC.CC.CCCc1cc2[nH]c(cc3nc(cc4[nH]c(cc(CCC)n1)c(CC)c4CC)C(CC)=C3CC)c(CC)c2CC.[Pd]. The fourth-order valence-electron chi connectivity index (χ4n) is 6.58. The molecule has 0 aliphatic carbocycles. The third kappa shape index (κ3) is 9.30. The van der Waals surface area contributed by atoms with Crippen molar-refractivity contribution in [2.45, 2.75) is 147 Å². The molecule has 3 aromatic heterocycles. The van der Waals surface area contributed by atoms with Crippen LogP contribution in [-0.2, 0) is 58.9 Å². The molecule has 0 atom stereocenters. The number of nitrogens with one attached hydrogen (secondary N) is 2. The summed E-state index contributed by atoms with van der Waals surface area (Å²) in [4.78, 5) is 18.3. The normalized spacial score (nSPS) is 11.3. The molecule has 4 heterocycles. The second-order valence-electron chi connectivity index (χ2n) is 11.0. The van der Waals surface area contributed by atoms with E-state index in [2.05, 4.69) is 89.6 Å². The molecule has 1 aliphatic heterocycles. The topological polar surface area (TPSA) is 57.4 Å². The average Bonchev–Trinajstić information content (AvgIpc) is 3.67. The Hall–Kier alpha value is -2.48. The summed E-state index contributed by atoms with van der Waals surface area (Å²) in [6.07, 6.45) is 9.99. The molecule has 1 aliphatic rings. The Morgan fingerprint density at radius 1 is 0.444 bits per heavy atom. The minimum atomic E-state index is 0. The molecule has 252 valence electrons. The minimum absolute atomic E-state index is 0. The largest absolute Gasteiger partial charge is 0.355 e. The van der Waals surface area contributed by atoms with Crippen LogP contribution in [0.3, 0.4) is 0 Å². The number of H-pyrrole nitrogens is 2. The number of rotatable bonds is 10. The van der Waals surface area contributed by atoms with Crippen molar-refractivity contribution in [2.24, 2.45) is 0 Å². The molecule has 0 saturated heterocycles. The zero-order chi connectivity index (χ0) is 32.8. The van der Waals surface area contributed by atoms with Crippen LogP contribution in [0, 0.1) is 0 Å². The van der Waals surface area contributed by atoms with Gasteiger partial charge in [0.1, 0.15) is 0 Å². The number of fused-ring (bicyclic) bond motifs is 6. The summed E-state index contributed by atoms with van der Waals surface area (Å²) < 4.78 is 0. The summed E-state index contributed by atoms with van der Waals surface area (Å²) in [5, 5.41) is 0. The van der Waals surface area contributed by atoms with Crippen LogP contribution in [0.1, 0.15) is 154 Å². The van der Waals surface area contributed by atoms with Gasteiger partial charge in [0, 0.05) is 53.9 Å². The van der Waals surface area contributed by atoms with E-state index in [0.717, 1.165) is 87.0 Å². The van der Waals surface area contributed by atoms with E-state index in [-0.39, 0.29) is 20.4 Å². The molecule has 3 aromatic rings. The number of nitrogens with zero attached hydrogens (tertiary/aromatic N) is 2. The third-order valence-electron chi connectivity index (χ3n) is 8.40. The first-order valence-electron chi connectivity index (χ1n) is 17.9. The van der Waals surface area contributed by atoms with Gasteiger partial charge in [0.2, 0.25) is 0 Å². The number of aromatic nitrogens is 4. The molecular formula is C40H62N4Pd. The van der Waals surface area contributed by atoms with Crippen molar-refractivity contribution in [3.05, 3.63) is 69.3 Å². The number of aryl methyl sites for hydroxylation is 6. The summed E-state index contributed by atoms with van der Waals surface area (Å²) in [7, 11) is 0. The van der Waals surface area contributed by atoms with Crippen LogP contribution in [0.5, 0.6) is 0 Å². The molecule has 6 bridgehead atoms. The van der Waals surface area contributed by atoms with Crippen LogP contribution in [0.2, 0.25) is 0 Å². The minimum Gasteiger partial charge on any atom is -0.355 e. The molecule has 0 unspecified atom stereocenters. The van der Waals surface area contributed by atoms with E-state index in [1.54, 1.807) is 0 Å². The Balaban J connectivity index is 0.00000195. The smallest absolute Gasteiger partial charge is 0.0693 e. The summed E-state index contributed by atoms with van der Waals surface area (Å²) in [6.45, 7) is 26.1. The van der Waals surface area contributed by atoms with Crippen molar-refractivity contribution in [3.63, 3.8) is 0 Å². The van der Waals surface area contributed by atoms with Gasteiger partial charge in [0.05, 0.1) is 11.4 Å². The molecule has 0 fully saturated rings. The Morgan fingerprint density at radius 2 is 0.756 bits per heavy atom. The Kier molecular flexibility index (Phi) is 18.6. The molecule has 2 N–H and O–H groups in total. The van der Waals surface area contributed by atoms with Gasteiger partial charge in [-0.05, 0) is 109 Å². The predicted molar refractivity (Wildman–Crippen MR) is 197 cm³/mol. The number of aromatic amines is 2. The van der Waals surface area contributed by atoms with Gasteiger partial charge in [-0.1, -0.05) is 95.9 Å². The first-order valence-corrected chi connectivity index (χ1v) is 17.9. The molecule has 0 radical (unpaired) electrons. The second kappa shape index (κ2) is 20.6. The maximum atomic E-state index is 5.33. The average molecular weight is 705 g/mol. The summed E-state index contributed by atoms with van der Waals surface area (Å²) in [5.74, 6) is 0. The Morgan fingerprint density at radius 3 is 1.02 bits per heavy atom. The van der Waals surface area contributed by atoms with Gasteiger partial charge in [-0.3, -0.25) is 4.98 Å². The number of hydrogen-bond acceptors (Lipinski definition) is 2. The molecule has 45 heavy (non-hydrogen) atoms. The van der Waals surface area contributed by atoms with Gasteiger partial charge < -0.3 is 9.97 Å². The van der Waals surface area contributed by atoms with Gasteiger partial charge in [0.15, 0.2) is 0 Å². The summed E-state index contributed by atoms with van der Waals surface area (Å²) in [5.41, 5.74) is 17.7. The van der Waals surface area contributed by atoms with E-state index in [0.29, 0.717) is 0 Å². The fourth-order valence-corrected chi connectivity index (χ4v) is 6.58. The van der Waals surface area contributed by atoms with E-state index in [9.17, 15) is 0 Å². The maximum absolute atomic E-state index is 5.33. The van der Waals surface area contributed by atoms with E-state index >= 15 is 0 Å². The standard InChI is InChI=1S/C36H50N4.2C2H6.Pd/c1-9-17-23-19-31-25(11-3)27(13-5)33(38-31)21-35-29(15-7)30(16-8)36(40-35)22-34-28(14-6)26(12-4)32(39-34)20-24(37-23)18-10-2;2*1-2;/h19-22,38-39H,9-18H2,1-8H3;2*1-2H3;.